The van der Waals surface area contributed by atoms with Gasteiger partial charge in [-0.05, 0) is 12.8 Å². The summed E-state index contributed by atoms with van der Waals surface area (Å²) in [5, 5.41) is 0. The second kappa shape index (κ2) is 4.48. The highest BCUT2D eigenvalue weighted by Crippen LogP contribution is 2.38. The molecule has 0 aromatic carbocycles. The van der Waals surface area contributed by atoms with Crippen molar-refractivity contribution in [3.8, 4) is 0 Å². The minimum absolute atomic E-state index is 0.202. The largest absolute Gasteiger partial charge is 0.411 e. The quantitative estimate of drug-likeness (QED) is 0.884. The van der Waals surface area contributed by atoms with E-state index in [-0.39, 0.29) is 12.4 Å². The molecule has 1 aliphatic rings. The number of nitrogens with zero attached hydrogens (tertiary/aromatic N) is 2. The minimum atomic E-state index is -4.32. The third kappa shape index (κ3) is 3.85. The molecule has 0 amide bonds. The number of nitrogen functional groups attached to an aromatic ring is 1. The third-order valence-corrected chi connectivity index (χ3v) is 2.27. The molecule has 7 heteroatoms. The van der Waals surface area contributed by atoms with Gasteiger partial charge in [-0.3, -0.25) is 0 Å². The number of hydrogen-bond donors (Lipinski definition) is 1. The Kier molecular flexibility index (Phi) is 3.19. The second-order valence-corrected chi connectivity index (χ2v) is 4.02. The average Bonchev–Trinajstić information content (AvgIpc) is 2.97. The first kappa shape index (κ1) is 12.1. The lowest BCUT2D eigenvalue weighted by molar-refractivity contribution is -0.176. The van der Waals surface area contributed by atoms with Gasteiger partial charge in [0.05, 0.1) is 12.3 Å². The van der Waals surface area contributed by atoms with E-state index in [1.165, 1.54) is 6.07 Å². The van der Waals surface area contributed by atoms with Crippen molar-refractivity contribution in [2.75, 3.05) is 12.3 Å². The third-order valence-electron chi connectivity index (χ3n) is 2.27. The van der Waals surface area contributed by atoms with Crippen molar-refractivity contribution in [1.82, 2.24) is 9.97 Å². The smallest absolute Gasteiger partial charge is 0.384 e. The van der Waals surface area contributed by atoms with Crippen LogP contribution >= 0.6 is 0 Å². The highest BCUT2D eigenvalue weighted by atomic mass is 19.4. The first-order valence-electron chi connectivity index (χ1n) is 5.22. The van der Waals surface area contributed by atoms with Gasteiger partial charge in [0.15, 0.2) is 0 Å². The van der Waals surface area contributed by atoms with Gasteiger partial charge in [-0.1, -0.05) is 0 Å². The second-order valence-electron chi connectivity index (χ2n) is 4.02. The monoisotopic (exact) mass is 247 g/mol. The summed E-state index contributed by atoms with van der Waals surface area (Å²) in [6, 6.07) is 1.43. The molecular formula is C10H12F3N3O. The fourth-order valence-corrected chi connectivity index (χ4v) is 1.41. The van der Waals surface area contributed by atoms with Crippen molar-refractivity contribution in [2.24, 2.45) is 0 Å². The molecule has 0 bridgehead atoms. The number of alkyl halides is 3. The lowest BCUT2D eigenvalue weighted by atomic mass is 10.3. The van der Waals surface area contributed by atoms with Crippen LogP contribution in [-0.4, -0.2) is 22.8 Å². The summed E-state index contributed by atoms with van der Waals surface area (Å²) in [5.41, 5.74) is 5.95. The zero-order valence-electron chi connectivity index (χ0n) is 9.00. The van der Waals surface area contributed by atoms with Crippen LogP contribution in [0.3, 0.4) is 0 Å². The summed E-state index contributed by atoms with van der Waals surface area (Å²) >= 11 is 0. The van der Waals surface area contributed by atoms with Crippen LogP contribution in [0.5, 0.6) is 0 Å². The maximum Gasteiger partial charge on any atom is 0.411 e. The van der Waals surface area contributed by atoms with E-state index in [0.717, 1.165) is 12.8 Å². The Balaban J connectivity index is 1.95. The van der Waals surface area contributed by atoms with E-state index in [9.17, 15) is 13.2 Å². The fraction of sp³-hybridized carbons (Fsp3) is 0.600. The van der Waals surface area contributed by atoms with Crippen molar-refractivity contribution in [2.45, 2.75) is 31.5 Å². The fourth-order valence-electron chi connectivity index (χ4n) is 1.41. The molecule has 0 unspecified atom stereocenters. The first-order chi connectivity index (χ1) is 7.94. The summed E-state index contributed by atoms with van der Waals surface area (Å²) in [6.45, 7) is -1.48. The normalized spacial score (nSPS) is 16.2. The molecule has 1 fully saturated rings. The lowest BCUT2D eigenvalue weighted by Crippen LogP contribution is -2.17. The molecular weight excluding hydrogens is 235 g/mol. The summed E-state index contributed by atoms with van der Waals surface area (Å²) in [4.78, 5) is 8.17. The predicted molar refractivity (Wildman–Crippen MR) is 54.1 cm³/mol. The van der Waals surface area contributed by atoms with Crippen LogP contribution in [0.4, 0.5) is 19.0 Å². The first-order valence-corrected chi connectivity index (χ1v) is 5.22. The van der Waals surface area contributed by atoms with Crippen molar-refractivity contribution in [3.05, 3.63) is 17.6 Å². The van der Waals surface area contributed by atoms with Crippen molar-refractivity contribution >= 4 is 5.82 Å². The Labute approximate surface area is 96.0 Å². The standard InChI is InChI=1S/C10H12F3N3O/c11-10(12,13)5-17-4-7-3-8(14)16-9(15-7)6-1-2-6/h3,6H,1-2,4-5H2,(H2,14,15,16). The number of aromatic nitrogens is 2. The molecule has 1 aromatic heterocycles. The van der Waals surface area contributed by atoms with Gasteiger partial charge >= 0.3 is 6.18 Å². The average molecular weight is 247 g/mol. The highest BCUT2D eigenvalue weighted by Gasteiger charge is 2.28. The van der Waals surface area contributed by atoms with Crippen LogP contribution in [0, 0.1) is 0 Å². The molecule has 17 heavy (non-hydrogen) atoms. The minimum Gasteiger partial charge on any atom is -0.384 e. The molecule has 2 N–H and O–H groups in total. The van der Waals surface area contributed by atoms with E-state index in [4.69, 9.17) is 5.73 Å². The van der Waals surface area contributed by atoms with E-state index < -0.39 is 12.8 Å². The Morgan fingerprint density at radius 2 is 2.06 bits per heavy atom. The Bertz CT molecular complexity index is 404. The molecule has 0 saturated heterocycles. The molecule has 0 aliphatic heterocycles. The Hall–Kier alpha value is -1.37. The van der Waals surface area contributed by atoms with Crippen LogP contribution in [0.2, 0.25) is 0 Å². The zero-order chi connectivity index (χ0) is 12.5. The number of anilines is 1. The molecule has 1 aromatic rings. The van der Waals surface area contributed by atoms with Gasteiger partial charge < -0.3 is 10.5 Å². The van der Waals surface area contributed by atoms with Gasteiger partial charge in [0, 0.05) is 12.0 Å². The highest BCUT2D eigenvalue weighted by molar-refractivity contribution is 5.31. The Morgan fingerprint density at radius 1 is 1.35 bits per heavy atom. The Morgan fingerprint density at radius 3 is 2.65 bits per heavy atom. The molecule has 0 atom stereocenters. The van der Waals surface area contributed by atoms with Crippen LogP contribution in [0.15, 0.2) is 6.07 Å². The van der Waals surface area contributed by atoms with E-state index in [2.05, 4.69) is 14.7 Å². The van der Waals surface area contributed by atoms with Crippen LogP contribution in [0.1, 0.15) is 30.3 Å². The maximum atomic E-state index is 11.9. The molecule has 1 saturated carbocycles. The van der Waals surface area contributed by atoms with Crippen LogP contribution in [-0.2, 0) is 11.3 Å². The van der Waals surface area contributed by atoms with Crippen molar-refractivity contribution < 1.29 is 17.9 Å². The van der Waals surface area contributed by atoms with Gasteiger partial charge in [0.1, 0.15) is 18.2 Å². The summed E-state index contributed by atoms with van der Waals surface area (Å²) in [5.74, 6) is 1.18. The number of ether oxygens (including phenoxy) is 1. The molecule has 0 spiro atoms. The summed E-state index contributed by atoms with van der Waals surface area (Å²) < 4.78 is 40.1. The van der Waals surface area contributed by atoms with E-state index in [0.29, 0.717) is 17.4 Å². The van der Waals surface area contributed by atoms with Crippen molar-refractivity contribution in [3.63, 3.8) is 0 Å². The van der Waals surface area contributed by atoms with Gasteiger partial charge in [-0.15, -0.1) is 0 Å². The van der Waals surface area contributed by atoms with Gasteiger partial charge in [-0.25, -0.2) is 9.97 Å². The molecule has 1 aliphatic carbocycles. The number of halogens is 3. The summed E-state index contributed by atoms with van der Waals surface area (Å²) in [7, 11) is 0. The molecule has 94 valence electrons. The lowest BCUT2D eigenvalue weighted by Gasteiger charge is -2.08. The zero-order valence-corrected chi connectivity index (χ0v) is 9.00. The van der Waals surface area contributed by atoms with E-state index in [1.54, 1.807) is 0 Å². The molecule has 4 nitrogen and oxygen atoms in total. The van der Waals surface area contributed by atoms with Crippen molar-refractivity contribution in [1.29, 1.82) is 0 Å². The van der Waals surface area contributed by atoms with E-state index in [1.807, 2.05) is 0 Å². The topological polar surface area (TPSA) is 61.0 Å². The number of rotatable bonds is 4. The van der Waals surface area contributed by atoms with Gasteiger partial charge in [0.2, 0.25) is 0 Å². The van der Waals surface area contributed by atoms with Crippen LogP contribution < -0.4 is 5.73 Å². The van der Waals surface area contributed by atoms with E-state index >= 15 is 0 Å². The van der Waals surface area contributed by atoms with Gasteiger partial charge in [-0.2, -0.15) is 13.2 Å². The predicted octanol–water partition coefficient (Wildman–Crippen LogP) is 2.02. The molecule has 0 radical (unpaired) electrons. The summed E-state index contributed by atoms with van der Waals surface area (Å²) in [6.07, 6.45) is -2.31. The number of nitrogens with two attached hydrogens (primary N) is 1. The molecule has 1 heterocycles. The maximum absolute atomic E-state index is 11.9. The molecule has 2 rings (SSSR count). The number of hydrogen-bond acceptors (Lipinski definition) is 4. The van der Waals surface area contributed by atoms with Crippen LogP contribution in [0.25, 0.3) is 0 Å². The van der Waals surface area contributed by atoms with Gasteiger partial charge in [0.25, 0.3) is 0 Å². The SMILES string of the molecule is Nc1cc(COCC(F)(F)F)nc(C2CC2)n1.